The van der Waals surface area contributed by atoms with E-state index in [1.807, 2.05) is 0 Å². The zero-order chi connectivity index (χ0) is 15.2. The van der Waals surface area contributed by atoms with Crippen molar-refractivity contribution in [3.8, 4) is 0 Å². The summed E-state index contributed by atoms with van der Waals surface area (Å²) in [5.74, 6) is -1.27. The van der Waals surface area contributed by atoms with Crippen molar-refractivity contribution in [1.29, 1.82) is 0 Å². The molecule has 0 aliphatic rings. The predicted octanol–water partition coefficient (Wildman–Crippen LogP) is 1.74. The second kappa shape index (κ2) is 7.58. The van der Waals surface area contributed by atoms with E-state index in [0.29, 0.717) is 13.0 Å². The molecule has 20 heavy (non-hydrogen) atoms. The highest BCUT2D eigenvalue weighted by molar-refractivity contribution is 7.89. The number of methoxy groups -OCH3 is 1. The van der Waals surface area contributed by atoms with Crippen LogP contribution in [0.4, 0.5) is 0 Å². The van der Waals surface area contributed by atoms with Gasteiger partial charge in [0.25, 0.3) is 0 Å². The van der Waals surface area contributed by atoms with Crippen molar-refractivity contribution in [2.24, 2.45) is 0 Å². The molecular formula is C12H16ClNO5S. The maximum atomic E-state index is 12.0. The number of halogens is 1. The van der Waals surface area contributed by atoms with Crippen LogP contribution in [0.2, 0.25) is 5.02 Å². The highest BCUT2D eigenvalue weighted by atomic mass is 35.5. The molecule has 0 saturated heterocycles. The molecule has 0 aromatic heterocycles. The largest absolute Gasteiger partial charge is 0.478 e. The predicted molar refractivity (Wildman–Crippen MR) is 74.7 cm³/mol. The number of carboxylic acids is 1. The van der Waals surface area contributed by atoms with Crippen LogP contribution < -0.4 is 4.72 Å². The second-order valence-electron chi connectivity index (χ2n) is 4.04. The highest BCUT2D eigenvalue weighted by Crippen LogP contribution is 2.20. The Labute approximate surface area is 122 Å². The van der Waals surface area contributed by atoms with Gasteiger partial charge in [0.15, 0.2) is 0 Å². The zero-order valence-corrected chi connectivity index (χ0v) is 12.5. The van der Waals surface area contributed by atoms with Gasteiger partial charge in [-0.05, 0) is 31.0 Å². The number of ether oxygens (including phenoxy) is 1. The van der Waals surface area contributed by atoms with E-state index in [1.54, 1.807) is 7.11 Å². The van der Waals surface area contributed by atoms with E-state index >= 15 is 0 Å². The Morgan fingerprint density at radius 1 is 1.40 bits per heavy atom. The number of carboxylic acid groups (broad SMARTS) is 1. The molecular weight excluding hydrogens is 306 g/mol. The molecule has 0 aliphatic heterocycles. The number of hydrogen-bond acceptors (Lipinski definition) is 4. The molecule has 2 N–H and O–H groups in total. The van der Waals surface area contributed by atoms with E-state index in [-0.39, 0.29) is 22.0 Å². The van der Waals surface area contributed by atoms with Crippen molar-refractivity contribution < 1.29 is 23.1 Å². The molecule has 1 aromatic rings. The van der Waals surface area contributed by atoms with Crippen LogP contribution in [0.3, 0.4) is 0 Å². The van der Waals surface area contributed by atoms with E-state index in [0.717, 1.165) is 12.5 Å². The fraction of sp³-hybridized carbons (Fsp3) is 0.417. The lowest BCUT2D eigenvalue weighted by atomic mass is 10.2. The molecule has 0 radical (unpaired) electrons. The average molecular weight is 322 g/mol. The maximum Gasteiger partial charge on any atom is 0.337 e. The summed E-state index contributed by atoms with van der Waals surface area (Å²) in [4.78, 5) is 10.8. The lowest BCUT2D eigenvalue weighted by Gasteiger charge is -2.08. The van der Waals surface area contributed by atoms with Crippen LogP contribution in [-0.4, -0.2) is 39.8 Å². The van der Waals surface area contributed by atoms with Crippen molar-refractivity contribution in [3.05, 3.63) is 28.8 Å². The summed E-state index contributed by atoms with van der Waals surface area (Å²) in [6, 6.07) is 3.57. The van der Waals surface area contributed by atoms with Crippen molar-refractivity contribution in [1.82, 2.24) is 4.72 Å². The number of benzene rings is 1. The van der Waals surface area contributed by atoms with E-state index in [9.17, 15) is 13.2 Å². The average Bonchev–Trinajstić information content (AvgIpc) is 2.38. The first-order chi connectivity index (χ1) is 9.38. The lowest BCUT2D eigenvalue weighted by molar-refractivity contribution is 0.0697. The minimum atomic E-state index is -3.73. The van der Waals surface area contributed by atoms with Gasteiger partial charge in [-0.15, -0.1) is 0 Å². The maximum absolute atomic E-state index is 12.0. The number of rotatable bonds is 8. The molecule has 0 fully saturated rings. The lowest BCUT2D eigenvalue weighted by Crippen LogP contribution is -2.25. The summed E-state index contributed by atoms with van der Waals surface area (Å²) in [6.45, 7) is 0.822. The summed E-state index contributed by atoms with van der Waals surface area (Å²) >= 11 is 5.69. The Bertz CT molecular complexity index is 573. The van der Waals surface area contributed by atoms with Gasteiger partial charge in [-0.25, -0.2) is 17.9 Å². The number of hydrogen-bond donors (Lipinski definition) is 2. The summed E-state index contributed by atoms with van der Waals surface area (Å²) in [5.41, 5.74) is -0.242. The molecule has 0 amide bonds. The quantitative estimate of drug-likeness (QED) is 0.711. The second-order valence-corrected chi connectivity index (χ2v) is 6.22. The van der Waals surface area contributed by atoms with Gasteiger partial charge in [0, 0.05) is 20.3 Å². The molecule has 0 unspecified atom stereocenters. The van der Waals surface area contributed by atoms with E-state index < -0.39 is 16.0 Å². The number of sulfonamides is 1. The fourth-order valence-corrected chi connectivity index (χ4v) is 2.80. The summed E-state index contributed by atoms with van der Waals surface area (Å²) < 4.78 is 31.2. The van der Waals surface area contributed by atoms with Gasteiger partial charge in [-0.1, -0.05) is 11.6 Å². The van der Waals surface area contributed by atoms with E-state index in [2.05, 4.69) is 4.72 Å². The minimum absolute atomic E-state index is 0.00320. The molecule has 0 spiro atoms. The Morgan fingerprint density at radius 2 is 2.10 bits per heavy atom. The first-order valence-electron chi connectivity index (χ1n) is 5.90. The third kappa shape index (κ3) is 4.75. The van der Waals surface area contributed by atoms with Gasteiger partial charge in [-0.3, -0.25) is 0 Å². The van der Waals surface area contributed by atoms with Crippen molar-refractivity contribution in [3.63, 3.8) is 0 Å². The summed E-state index contributed by atoms with van der Waals surface area (Å²) in [7, 11) is -2.16. The van der Waals surface area contributed by atoms with Gasteiger partial charge in [0.1, 0.15) is 0 Å². The molecule has 1 aromatic carbocycles. The smallest absolute Gasteiger partial charge is 0.337 e. The monoisotopic (exact) mass is 321 g/mol. The number of nitrogens with one attached hydrogen (secondary N) is 1. The number of carbonyl (C=O) groups is 1. The summed E-state index contributed by atoms with van der Waals surface area (Å²) in [5, 5.41) is 8.91. The Kier molecular flexibility index (Phi) is 6.41. The highest BCUT2D eigenvalue weighted by Gasteiger charge is 2.17. The van der Waals surface area contributed by atoms with Gasteiger partial charge >= 0.3 is 5.97 Å². The first kappa shape index (κ1) is 16.9. The number of aromatic carboxylic acids is 1. The van der Waals surface area contributed by atoms with Crippen LogP contribution in [0.1, 0.15) is 23.2 Å². The van der Waals surface area contributed by atoms with Crippen LogP contribution in [0.5, 0.6) is 0 Å². The third-order valence-corrected chi connectivity index (χ3v) is 4.33. The molecule has 0 heterocycles. The molecule has 0 saturated carbocycles. The van der Waals surface area contributed by atoms with Crippen LogP contribution in [0.15, 0.2) is 23.1 Å². The molecule has 112 valence electrons. The number of unbranched alkanes of at least 4 members (excludes halogenated alkanes) is 1. The minimum Gasteiger partial charge on any atom is -0.478 e. The van der Waals surface area contributed by atoms with Crippen molar-refractivity contribution in [2.45, 2.75) is 17.7 Å². The Balaban J connectivity index is 2.77. The molecule has 0 bridgehead atoms. The van der Waals surface area contributed by atoms with Crippen molar-refractivity contribution >= 4 is 27.6 Å². The summed E-state index contributed by atoms with van der Waals surface area (Å²) in [6.07, 6.45) is 1.37. The Hall–Kier alpha value is -1.15. The van der Waals surface area contributed by atoms with Crippen LogP contribution in [-0.2, 0) is 14.8 Å². The van der Waals surface area contributed by atoms with E-state index in [4.69, 9.17) is 21.4 Å². The standard InChI is InChI=1S/C12H16ClNO5S/c1-19-7-3-2-6-14-20(17,18)9-4-5-11(13)10(8-9)12(15)16/h4-5,8,14H,2-3,6-7H2,1H3,(H,15,16). The fourth-order valence-electron chi connectivity index (χ4n) is 1.50. The molecule has 0 aliphatic carbocycles. The van der Waals surface area contributed by atoms with Gasteiger partial charge in [0.2, 0.25) is 10.0 Å². The van der Waals surface area contributed by atoms with Gasteiger partial charge in [0.05, 0.1) is 15.5 Å². The molecule has 6 nitrogen and oxygen atoms in total. The van der Waals surface area contributed by atoms with Gasteiger partial charge < -0.3 is 9.84 Å². The third-order valence-electron chi connectivity index (χ3n) is 2.55. The molecule has 0 atom stereocenters. The molecule has 8 heteroatoms. The van der Waals surface area contributed by atoms with Crippen LogP contribution in [0.25, 0.3) is 0 Å². The first-order valence-corrected chi connectivity index (χ1v) is 7.76. The van der Waals surface area contributed by atoms with Gasteiger partial charge in [-0.2, -0.15) is 0 Å². The topological polar surface area (TPSA) is 92.7 Å². The van der Waals surface area contributed by atoms with E-state index in [1.165, 1.54) is 12.1 Å². The zero-order valence-electron chi connectivity index (χ0n) is 10.9. The molecule has 1 rings (SSSR count). The normalized spacial score (nSPS) is 11.5. The van der Waals surface area contributed by atoms with Crippen molar-refractivity contribution in [2.75, 3.05) is 20.3 Å². The SMILES string of the molecule is COCCCCNS(=O)(=O)c1ccc(Cl)c(C(=O)O)c1. The Morgan fingerprint density at radius 3 is 2.70 bits per heavy atom. The van der Waals surface area contributed by atoms with Crippen LogP contribution in [0, 0.1) is 0 Å². The van der Waals surface area contributed by atoms with Crippen LogP contribution >= 0.6 is 11.6 Å².